The first kappa shape index (κ1) is 23.1. The van der Waals surface area contributed by atoms with E-state index < -0.39 is 0 Å². The summed E-state index contributed by atoms with van der Waals surface area (Å²) >= 11 is 6.44. The van der Waals surface area contributed by atoms with Crippen molar-refractivity contribution in [2.75, 3.05) is 25.0 Å². The van der Waals surface area contributed by atoms with E-state index in [1.165, 1.54) is 0 Å². The molecular weight excluding hydrogens is 426 g/mol. The fourth-order valence-electron chi connectivity index (χ4n) is 4.76. The number of carbonyl (C=O) groups excluding carboxylic acids is 1. The normalized spacial score (nSPS) is 26.0. The van der Waals surface area contributed by atoms with Crippen LogP contribution in [0.15, 0.2) is 24.7 Å². The molecule has 8 heteroatoms. The lowest BCUT2D eigenvalue weighted by Gasteiger charge is -2.32. The standard InChI is InChI=1S/C24H32ClN5O2/c1-15-6-17(7-16(2)32-15)10-29-24-14-27-13-22(30-24)20-8-19(28-12-21(20)25)9-23(31)18-4-3-5-26-11-18/h8,12-18,26H,3-7,9-11H2,1-2H3,(H,29,30)/t15-,16+,17?,18-/m1/s1. The molecule has 2 saturated heterocycles. The fourth-order valence-corrected chi connectivity index (χ4v) is 4.96. The molecule has 0 spiro atoms. The van der Waals surface area contributed by atoms with Gasteiger partial charge in [-0.15, -0.1) is 0 Å². The van der Waals surface area contributed by atoms with Crippen molar-refractivity contribution in [3.8, 4) is 11.3 Å². The summed E-state index contributed by atoms with van der Waals surface area (Å²) in [5.74, 6) is 1.54. The maximum Gasteiger partial charge on any atom is 0.145 e. The molecule has 2 aromatic rings. The molecule has 0 aromatic carbocycles. The van der Waals surface area contributed by atoms with Gasteiger partial charge in [-0.1, -0.05) is 11.6 Å². The molecule has 2 aromatic heterocycles. The minimum atomic E-state index is 0.0626. The van der Waals surface area contributed by atoms with Crippen molar-refractivity contribution < 1.29 is 9.53 Å². The number of pyridine rings is 1. The molecule has 0 amide bonds. The number of rotatable bonds is 7. The van der Waals surface area contributed by atoms with Crippen LogP contribution in [0.4, 0.5) is 5.82 Å². The van der Waals surface area contributed by atoms with Crippen LogP contribution >= 0.6 is 11.6 Å². The number of ketones is 1. The highest BCUT2D eigenvalue weighted by atomic mass is 35.5. The van der Waals surface area contributed by atoms with Crippen LogP contribution in [0.3, 0.4) is 0 Å². The maximum atomic E-state index is 12.7. The Bertz CT molecular complexity index is 924. The largest absolute Gasteiger partial charge is 0.376 e. The molecule has 4 rings (SSSR count). The third kappa shape index (κ3) is 6.03. The monoisotopic (exact) mass is 457 g/mol. The van der Waals surface area contributed by atoms with Gasteiger partial charge in [0.25, 0.3) is 0 Å². The molecule has 172 valence electrons. The highest BCUT2D eigenvalue weighted by molar-refractivity contribution is 6.33. The van der Waals surface area contributed by atoms with E-state index in [0.717, 1.165) is 50.9 Å². The highest BCUT2D eigenvalue weighted by Gasteiger charge is 2.24. The van der Waals surface area contributed by atoms with E-state index in [1.807, 2.05) is 6.07 Å². The second-order valence-electron chi connectivity index (χ2n) is 9.11. The van der Waals surface area contributed by atoms with E-state index in [0.29, 0.717) is 34.6 Å². The van der Waals surface area contributed by atoms with Gasteiger partial charge in [0.1, 0.15) is 11.6 Å². The first-order valence-electron chi connectivity index (χ1n) is 11.6. The second-order valence-corrected chi connectivity index (χ2v) is 9.51. The third-order valence-electron chi connectivity index (χ3n) is 6.30. The van der Waals surface area contributed by atoms with E-state index in [2.05, 4.69) is 34.4 Å². The van der Waals surface area contributed by atoms with Crippen molar-refractivity contribution in [1.29, 1.82) is 0 Å². The molecule has 2 fully saturated rings. The Morgan fingerprint density at radius 1 is 1.25 bits per heavy atom. The van der Waals surface area contributed by atoms with Gasteiger partial charge in [0, 0.05) is 42.9 Å². The summed E-state index contributed by atoms with van der Waals surface area (Å²) in [6.45, 7) is 6.82. The Labute approximate surface area is 194 Å². The number of aromatic nitrogens is 3. The summed E-state index contributed by atoms with van der Waals surface area (Å²) in [4.78, 5) is 26.1. The van der Waals surface area contributed by atoms with Gasteiger partial charge in [-0.3, -0.25) is 14.8 Å². The number of hydrogen-bond acceptors (Lipinski definition) is 7. The number of hydrogen-bond donors (Lipinski definition) is 2. The number of Topliss-reactive ketones (excluding diaryl/α,β-unsaturated/α-hetero) is 1. The Hall–Kier alpha value is -2.09. The van der Waals surface area contributed by atoms with Crippen LogP contribution in [-0.2, 0) is 16.0 Å². The minimum absolute atomic E-state index is 0.0626. The summed E-state index contributed by atoms with van der Waals surface area (Å²) in [5, 5.41) is 7.22. The molecular formula is C24H32ClN5O2. The predicted octanol–water partition coefficient (Wildman–Crippen LogP) is 3.92. The third-order valence-corrected chi connectivity index (χ3v) is 6.60. The molecule has 0 aliphatic carbocycles. The minimum Gasteiger partial charge on any atom is -0.376 e. The molecule has 2 aliphatic heterocycles. The lowest BCUT2D eigenvalue weighted by atomic mass is 9.92. The average molecular weight is 458 g/mol. The van der Waals surface area contributed by atoms with Crippen molar-refractivity contribution in [2.45, 2.75) is 58.2 Å². The first-order chi connectivity index (χ1) is 15.5. The van der Waals surface area contributed by atoms with Crippen LogP contribution in [0, 0.1) is 11.8 Å². The van der Waals surface area contributed by atoms with Gasteiger partial charge in [0.05, 0.1) is 35.3 Å². The topological polar surface area (TPSA) is 89.0 Å². The molecule has 0 saturated carbocycles. The predicted molar refractivity (Wildman–Crippen MR) is 126 cm³/mol. The molecule has 2 aliphatic rings. The van der Waals surface area contributed by atoms with E-state index in [9.17, 15) is 4.79 Å². The van der Waals surface area contributed by atoms with Crippen LogP contribution in [0.1, 0.15) is 45.2 Å². The Morgan fingerprint density at radius 3 is 2.81 bits per heavy atom. The van der Waals surface area contributed by atoms with Crippen molar-refractivity contribution in [1.82, 2.24) is 20.3 Å². The summed E-state index contributed by atoms with van der Waals surface area (Å²) in [6.07, 6.45) is 9.95. The van der Waals surface area contributed by atoms with Crippen molar-refractivity contribution in [2.24, 2.45) is 11.8 Å². The SMILES string of the molecule is C[C@@H]1CC(CNc2cncc(-c3cc(CC(=O)[C@@H]4CCCNC4)ncc3Cl)n2)C[C@H](C)O1. The van der Waals surface area contributed by atoms with Crippen LogP contribution in [0.5, 0.6) is 0 Å². The Morgan fingerprint density at radius 2 is 2.06 bits per heavy atom. The van der Waals surface area contributed by atoms with E-state index in [4.69, 9.17) is 21.3 Å². The van der Waals surface area contributed by atoms with Crippen molar-refractivity contribution >= 4 is 23.2 Å². The number of nitrogens with one attached hydrogen (secondary N) is 2. The lowest BCUT2D eigenvalue weighted by Crippen LogP contribution is -2.35. The van der Waals surface area contributed by atoms with Gasteiger partial charge in [-0.25, -0.2) is 4.98 Å². The van der Waals surface area contributed by atoms with Gasteiger partial charge in [0.15, 0.2) is 0 Å². The number of piperidine rings is 1. The summed E-state index contributed by atoms with van der Waals surface area (Å²) in [6, 6.07) is 1.87. The molecule has 0 bridgehead atoms. The van der Waals surface area contributed by atoms with E-state index >= 15 is 0 Å². The number of carbonyl (C=O) groups is 1. The van der Waals surface area contributed by atoms with Crippen LogP contribution in [0.2, 0.25) is 5.02 Å². The van der Waals surface area contributed by atoms with E-state index in [-0.39, 0.29) is 23.9 Å². The van der Waals surface area contributed by atoms with Crippen molar-refractivity contribution in [3.63, 3.8) is 0 Å². The number of ether oxygens (including phenoxy) is 1. The van der Waals surface area contributed by atoms with Crippen LogP contribution < -0.4 is 10.6 Å². The molecule has 7 nitrogen and oxygen atoms in total. The van der Waals surface area contributed by atoms with Crippen LogP contribution in [-0.4, -0.2) is 52.6 Å². The highest BCUT2D eigenvalue weighted by Crippen LogP contribution is 2.28. The number of halogens is 1. The Balaban J connectivity index is 1.43. The second kappa shape index (κ2) is 10.7. The number of anilines is 1. The molecule has 0 radical (unpaired) electrons. The molecule has 4 heterocycles. The zero-order valence-electron chi connectivity index (χ0n) is 18.8. The number of nitrogens with zero attached hydrogens (tertiary/aromatic N) is 3. The van der Waals surface area contributed by atoms with Gasteiger partial charge in [-0.05, 0) is 58.1 Å². The van der Waals surface area contributed by atoms with Crippen LogP contribution in [0.25, 0.3) is 11.3 Å². The first-order valence-corrected chi connectivity index (χ1v) is 12.0. The maximum absolute atomic E-state index is 12.7. The van der Waals surface area contributed by atoms with Gasteiger partial charge in [-0.2, -0.15) is 0 Å². The summed E-state index contributed by atoms with van der Waals surface area (Å²) in [5.41, 5.74) is 2.13. The molecule has 4 atom stereocenters. The average Bonchev–Trinajstić information content (AvgIpc) is 2.79. The zero-order chi connectivity index (χ0) is 22.5. The summed E-state index contributed by atoms with van der Waals surface area (Å²) < 4.78 is 5.83. The zero-order valence-corrected chi connectivity index (χ0v) is 19.6. The fraction of sp³-hybridized carbons (Fsp3) is 0.583. The Kier molecular flexibility index (Phi) is 7.71. The molecule has 2 N–H and O–H groups in total. The summed E-state index contributed by atoms with van der Waals surface area (Å²) in [7, 11) is 0. The smallest absolute Gasteiger partial charge is 0.145 e. The van der Waals surface area contributed by atoms with Gasteiger partial charge >= 0.3 is 0 Å². The van der Waals surface area contributed by atoms with Gasteiger partial charge in [0.2, 0.25) is 0 Å². The van der Waals surface area contributed by atoms with Gasteiger partial charge < -0.3 is 15.4 Å². The molecule has 1 unspecified atom stereocenters. The van der Waals surface area contributed by atoms with E-state index in [1.54, 1.807) is 18.6 Å². The lowest BCUT2D eigenvalue weighted by molar-refractivity contribution is -0.122. The van der Waals surface area contributed by atoms with Crippen molar-refractivity contribution in [3.05, 3.63) is 35.4 Å². The molecule has 32 heavy (non-hydrogen) atoms. The quantitative estimate of drug-likeness (QED) is 0.651.